The standard InChI is InChI=1S/C9H14N6/c1-6-7-8(15(2)14-6)9(11-4-3-10)13-5-12-7/h5H,3-4,10H2,1-2H3,(H,11,12,13). The minimum Gasteiger partial charge on any atom is -0.367 e. The first-order valence-electron chi connectivity index (χ1n) is 4.82. The van der Waals surface area contributed by atoms with Crippen molar-refractivity contribution in [3.8, 4) is 0 Å². The number of anilines is 1. The van der Waals surface area contributed by atoms with Gasteiger partial charge in [0, 0.05) is 20.1 Å². The second-order valence-corrected chi connectivity index (χ2v) is 3.34. The summed E-state index contributed by atoms with van der Waals surface area (Å²) in [5, 5.41) is 7.46. The van der Waals surface area contributed by atoms with E-state index in [0.717, 1.165) is 22.5 Å². The van der Waals surface area contributed by atoms with E-state index >= 15 is 0 Å². The third-order valence-corrected chi connectivity index (χ3v) is 2.23. The molecular formula is C9H14N6. The predicted molar refractivity (Wildman–Crippen MR) is 58.6 cm³/mol. The maximum atomic E-state index is 5.44. The summed E-state index contributed by atoms with van der Waals surface area (Å²) in [5.74, 6) is 0.786. The van der Waals surface area contributed by atoms with Crippen molar-refractivity contribution in [2.75, 3.05) is 18.4 Å². The van der Waals surface area contributed by atoms with Crippen molar-refractivity contribution in [3.63, 3.8) is 0 Å². The van der Waals surface area contributed by atoms with Crippen LogP contribution < -0.4 is 11.1 Å². The van der Waals surface area contributed by atoms with E-state index in [9.17, 15) is 0 Å². The van der Waals surface area contributed by atoms with Crippen molar-refractivity contribution in [3.05, 3.63) is 12.0 Å². The quantitative estimate of drug-likeness (QED) is 0.741. The van der Waals surface area contributed by atoms with E-state index in [2.05, 4.69) is 20.4 Å². The number of rotatable bonds is 3. The van der Waals surface area contributed by atoms with Gasteiger partial charge >= 0.3 is 0 Å². The second-order valence-electron chi connectivity index (χ2n) is 3.34. The van der Waals surface area contributed by atoms with Gasteiger partial charge in [-0.25, -0.2) is 9.97 Å². The van der Waals surface area contributed by atoms with Crippen LogP contribution in [0.15, 0.2) is 6.33 Å². The summed E-state index contributed by atoms with van der Waals surface area (Å²) in [6, 6.07) is 0. The van der Waals surface area contributed by atoms with Crippen LogP contribution in [0.4, 0.5) is 5.82 Å². The van der Waals surface area contributed by atoms with Crippen LogP contribution in [0.1, 0.15) is 5.69 Å². The zero-order valence-corrected chi connectivity index (χ0v) is 8.86. The van der Waals surface area contributed by atoms with Crippen molar-refractivity contribution in [1.82, 2.24) is 19.7 Å². The highest BCUT2D eigenvalue weighted by Crippen LogP contribution is 2.20. The maximum absolute atomic E-state index is 5.44. The fourth-order valence-corrected chi connectivity index (χ4v) is 1.59. The van der Waals surface area contributed by atoms with E-state index in [1.165, 1.54) is 6.33 Å². The second kappa shape index (κ2) is 3.82. The van der Waals surface area contributed by atoms with Crippen LogP contribution in [-0.2, 0) is 7.05 Å². The molecule has 0 radical (unpaired) electrons. The van der Waals surface area contributed by atoms with E-state index in [0.29, 0.717) is 13.1 Å². The molecule has 0 bridgehead atoms. The van der Waals surface area contributed by atoms with E-state index in [1.807, 2.05) is 14.0 Å². The molecule has 80 valence electrons. The largest absolute Gasteiger partial charge is 0.367 e. The minimum absolute atomic E-state index is 0.572. The molecule has 6 nitrogen and oxygen atoms in total. The summed E-state index contributed by atoms with van der Waals surface area (Å²) >= 11 is 0. The van der Waals surface area contributed by atoms with E-state index < -0.39 is 0 Å². The van der Waals surface area contributed by atoms with Crippen molar-refractivity contribution < 1.29 is 0 Å². The normalized spacial score (nSPS) is 10.9. The Kier molecular flexibility index (Phi) is 2.51. The third-order valence-electron chi connectivity index (χ3n) is 2.23. The van der Waals surface area contributed by atoms with Crippen LogP contribution in [0, 0.1) is 6.92 Å². The lowest BCUT2D eigenvalue weighted by molar-refractivity contribution is 0.782. The number of nitrogens with two attached hydrogens (primary N) is 1. The summed E-state index contributed by atoms with van der Waals surface area (Å²) in [4.78, 5) is 8.38. The van der Waals surface area contributed by atoms with Gasteiger partial charge in [0.15, 0.2) is 5.82 Å². The van der Waals surface area contributed by atoms with Crippen LogP contribution in [0.3, 0.4) is 0 Å². The molecule has 3 N–H and O–H groups in total. The van der Waals surface area contributed by atoms with Gasteiger partial charge in [-0.2, -0.15) is 5.10 Å². The Morgan fingerprint density at radius 3 is 3.00 bits per heavy atom. The third kappa shape index (κ3) is 1.63. The van der Waals surface area contributed by atoms with Gasteiger partial charge in [0.1, 0.15) is 17.4 Å². The van der Waals surface area contributed by atoms with Crippen LogP contribution in [0.5, 0.6) is 0 Å². The lowest BCUT2D eigenvalue weighted by Gasteiger charge is -2.05. The molecule has 2 aromatic heterocycles. The maximum Gasteiger partial charge on any atom is 0.155 e. The van der Waals surface area contributed by atoms with Crippen LogP contribution in [-0.4, -0.2) is 32.8 Å². The molecule has 6 heteroatoms. The molecule has 2 aromatic rings. The highest BCUT2D eigenvalue weighted by molar-refractivity contribution is 5.87. The van der Waals surface area contributed by atoms with Crippen molar-refractivity contribution in [1.29, 1.82) is 0 Å². The molecular weight excluding hydrogens is 192 g/mol. The lowest BCUT2D eigenvalue weighted by Crippen LogP contribution is -2.14. The summed E-state index contributed by atoms with van der Waals surface area (Å²) in [5.41, 5.74) is 8.14. The molecule has 0 aliphatic rings. The minimum atomic E-state index is 0.572. The number of hydrogen-bond acceptors (Lipinski definition) is 5. The summed E-state index contributed by atoms with van der Waals surface area (Å²) in [6.07, 6.45) is 1.54. The van der Waals surface area contributed by atoms with E-state index in [1.54, 1.807) is 4.68 Å². The van der Waals surface area contributed by atoms with Crippen LogP contribution in [0.25, 0.3) is 11.0 Å². The number of aryl methyl sites for hydroxylation is 2. The van der Waals surface area contributed by atoms with Gasteiger partial charge in [-0.05, 0) is 6.92 Å². The van der Waals surface area contributed by atoms with Gasteiger partial charge < -0.3 is 11.1 Å². The molecule has 0 atom stereocenters. The van der Waals surface area contributed by atoms with Crippen molar-refractivity contribution in [2.24, 2.45) is 12.8 Å². The number of nitrogens with one attached hydrogen (secondary N) is 1. The molecule has 0 aliphatic carbocycles. The fourth-order valence-electron chi connectivity index (χ4n) is 1.59. The average Bonchev–Trinajstić information content (AvgIpc) is 2.53. The van der Waals surface area contributed by atoms with Crippen molar-refractivity contribution in [2.45, 2.75) is 6.92 Å². The Morgan fingerprint density at radius 2 is 2.27 bits per heavy atom. The van der Waals surface area contributed by atoms with E-state index in [-0.39, 0.29) is 0 Å². The van der Waals surface area contributed by atoms with Crippen LogP contribution >= 0.6 is 0 Å². The predicted octanol–water partition coefficient (Wildman–Crippen LogP) is 0.0423. The van der Waals surface area contributed by atoms with Gasteiger partial charge in [0.05, 0.1) is 5.69 Å². The first-order valence-corrected chi connectivity index (χ1v) is 4.82. The zero-order chi connectivity index (χ0) is 10.8. The van der Waals surface area contributed by atoms with Gasteiger partial charge in [-0.1, -0.05) is 0 Å². The first kappa shape index (κ1) is 9.85. The number of hydrogen-bond donors (Lipinski definition) is 2. The Balaban J connectivity index is 2.54. The monoisotopic (exact) mass is 206 g/mol. The molecule has 0 saturated heterocycles. The van der Waals surface area contributed by atoms with Gasteiger partial charge in [0.25, 0.3) is 0 Å². The first-order chi connectivity index (χ1) is 7.24. The van der Waals surface area contributed by atoms with Crippen LogP contribution in [0.2, 0.25) is 0 Å². The Bertz CT molecular complexity index is 475. The molecule has 0 aromatic carbocycles. The average molecular weight is 206 g/mol. The molecule has 2 heterocycles. The van der Waals surface area contributed by atoms with Crippen molar-refractivity contribution >= 4 is 16.9 Å². The molecule has 0 saturated carbocycles. The number of fused-ring (bicyclic) bond motifs is 1. The highest BCUT2D eigenvalue weighted by atomic mass is 15.3. The number of nitrogens with zero attached hydrogens (tertiary/aromatic N) is 4. The van der Waals surface area contributed by atoms with Gasteiger partial charge in [-0.3, -0.25) is 4.68 Å². The molecule has 0 amide bonds. The Labute approximate surface area is 87.5 Å². The van der Waals surface area contributed by atoms with E-state index in [4.69, 9.17) is 5.73 Å². The molecule has 0 unspecified atom stereocenters. The fraction of sp³-hybridized carbons (Fsp3) is 0.444. The molecule has 15 heavy (non-hydrogen) atoms. The Morgan fingerprint density at radius 1 is 1.47 bits per heavy atom. The zero-order valence-electron chi connectivity index (χ0n) is 8.86. The SMILES string of the molecule is Cc1nn(C)c2c(NCCN)ncnc12. The smallest absolute Gasteiger partial charge is 0.155 e. The van der Waals surface area contributed by atoms with Gasteiger partial charge in [-0.15, -0.1) is 0 Å². The molecule has 0 spiro atoms. The molecule has 2 rings (SSSR count). The summed E-state index contributed by atoms with van der Waals surface area (Å²) < 4.78 is 1.78. The topological polar surface area (TPSA) is 81.7 Å². The number of aromatic nitrogens is 4. The summed E-state index contributed by atoms with van der Waals surface area (Å²) in [6.45, 7) is 3.20. The lowest BCUT2D eigenvalue weighted by atomic mass is 10.3. The highest BCUT2D eigenvalue weighted by Gasteiger charge is 2.10. The molecule has 0 aliphatic heterocycles. The van der Waals surface area contributed by atoms with Gasteiger partial charge in [0.2, 0.25) is 0 Å². The molecule has 0 fully saturated rings. The summed E-state index contributed by atoms with van der Waals surface area (Å²) in [7, 11) is 1.88. The Hall–Kier alpha value is -1.69.